The maximum absolute atomic E-state index is 6.35. The molecule has 124 valence electrons. The van der Waals surface area contributed by atoms with Crippen LogP contribution < -0.4 is 9.64 Å². The molecule has 0 amide bonds. The van der Waals surface area contributed by atoms with Crippen LogP contribution in [0.3, 0.4) is 0 Å². The fourth-order valence-corrected chi connectivity index (χ4v) is 2.78. The van der Waals surface area contributed by atoms with E-state index in [1.165, 1.54) is 17.7 Å². The quantitative estimate of drug-likeness (QED) is 0.568. The molecule has 0 saturated carbocycles. The number of benzene rings is 2. The largest absolute Gasteiger partial charge is 0.471 e. The minimum Gasteiger partial charge on any atom is -0.471 e. The monoisotopic (exact) mass is 311 g/mol. The van der Waals surface area contributed by atoms with Crippen LogP contribution in [0.5, 0.6) is 5.75 Å². The van der Waals surface area contributed by atoms with Gasteiger partial charge in [0.1, 0.15) is 5.75 Å². The van der Waals surface area contributed by atoms with Gasteiger partial charge < -0.3 is 9.64 Å². The molecule has 0 saturated heterocycles. The molecule has 0 radical (unpaired) electrons. The van der Waals surface area contributed by atoms with E-state index in [4.69, 9.17) is 4.74 Å². The van der Waals surface area contributed by atoms with E-state index in [9.17, 15) is 0 Å². The molecule has 1 unspecified atom stereocenters. The third-order valence-corrected chi connectivity index (χ3v) is 4.12. The van der Waals surface area contributed by atoms with Gasteiger partial charge in [0.05, 0.1) is 0 Å². The Morgan fingerprint density at radius 2 is 1.57 bits per heavy atom. The third-order valence-electron chi connectivity index (χ3n) is 4.12. The molecule has 2 aromatic carbocycles. The summed E-state index contributed by atoms with van der Waals surface area (Å²) >= 11 is 0. The van der Waals surface area contributed by atoms with E-state index in [1.54, 1.807) is 0 Å². The standard InChI is InChI=1S/C21H29NO/c1-5-6-16-22(19-12-8-7-9-13-19)18(4)23-21-15-11-10-14-20(21)17(2)3/h7-15,17-18H,5-6,16H2,1-4H3. The van der Waals surface area contributed by atoms with Gasteiger partial charge in [-0.2, -0.15) is 0 Å². The van der Waals surface area contributed by atoms with E-state index in [0.717, 1.165) is 18.7 Å². The summed E-state index contributed by atoms with van der Waals surface area (Å²) < 4.78 is 6.35. The number of ether oxygens (including phenoxy) is 1. The average Bonchev–Trinajstić information content (AvgIpc) is 2.56. The first kappa shape index (κ1) is 17.4. The molecule has 2 nitrogen and oxygen atoms in total. The molecule has 0 aliphatic rings. The second-order valence-electron chi connectivity index (χ2n) is 6.29. The first-order chi connectivity index (χ1) is 11.1. The summed E-state index contributed by atoms with van der Waals surface area (Å²) in [6, 6.07) is 18.9. The number of rotatable bonds is 8. The average molecular weight is 311 g/mol. The lowest BCUT2D eigenvalue weighted by Gasteiger charge is -2.32. The maximum atomic E-state index is 6.35. The van der Waals surface area contributed by atoms with Crippen molar-refractivity contribution in [2.75, 3.05) is 11.4 Å². The highest BCUT2D eigenvalue weighted by atomic mass is 16.5. The highest BCUT2D eigenvalue weighted by molar-refractivity contribution is 5.47. The summed E-state index contributed by atoms with van der Waals surface area (Å²) in [5.41, 5.74) is 2.48. The first-order valence-electron chi connectivity index (χ1n) is 8.70. The van der Waals surface area contributed by atoms with Gasteiger partial charge in [0.25, 0.3) is 0 Å². The summed E-state index contributed by atoms with van der Waals surface area (Å²) in [6.07, 6.45) is 2.34. The minimum atomic E-state index is 0.00356. The Labute approximate surface area is 141 Å². The van der Waals surface area contributed by atoms with Gasteiger partial charge in [0.2, 0.25) is 0 Å². The molecular weight excluding hydrogens is 282 g/mol. The Balaban J connectivity index is 2.19. The minimum absolute atomic E-state index is 0.00356. The second kappa shape index (κ2) is 8.61. The summed E-state index contributed by atoms with van der Waals surface area (Å²) in [7, 11) is 0. The van der Waals surface area contributed by atoms with Gasteiger partial charge in [-0.1, -0.05) is 63.6 Å². The molecule has 0 fully saturated rings. The van der Waals surface area contributed by atoms with Crippen molar-refractivity contribution < 1.29 is 4.74 Å². The van der Waals surface area contributed by atoms with Crippen LogP contribution in [0, 0.1) is 0 Å². The van der Waals surface area contributed by atoms with E-state index in [-0.39, 0.29) is 6.23 Å². The summed E-state index contributed by atoms with van der Waals surface area (Å²) in [6.45, 7) is 9.78. The number of para-hydroxylation sites is 2. The second-order valence-corrected chi connectivity index (χ2v) is 6.29. The Hall–Kier alpha value is -1.96. The fraction of sp³-hybridized carbons (Fsp3) is 0.429. The van der Waals surface area contributed by atoms with Crippen LogP contribution in [-0.4, -0.2) is 12.8 Å². The number of anilines is 1. The normalized spacial score (nSPS) is 12.2. The van der Waals surface area contributed by atoms with Gasteiger partial charge in [0, 0.05) is 12.2 Å². The molecule has 0 aromatic heterocycles. The lowest BCUT2D eigenvalue weighted by molar-refractivity contribution is 0.211. The van der Waals surface area contributed by atoms with Crippen molar-refractivity contribution in [1.29, 1.82) is 0 Å². The van der Waals surface area contributed by atoms with Crippen LogP contribution in [-0.2, 0) is 0 Å². The number of hydrogen-bond donors (Lipinski definition) is 0. The SMILES string of the molecule is CCCCN(c1ccccc1)C(C)Oc1ccccc1C(C)C. The highest BCUT2D eigenvalue weighted by Crippen LogP contribution is 2.28. The zero-order valence-electron chi connectivity index (χ0n) is 14.8. The highest BCUT2D eigenvalue weighted by Gasteiger charge is 2.17. The molecule has 0 spiro atoms. The molecule has 1 atom stereocenters. The summed E-state index contributed by atoms with van der Waals surface area (Å²) in [5, 5.41) is 0. The number of hydrogen-bond acceptors (Lipinski definition) is 2. The topological polar surface area (TPSA) is 12.5 Å². The molecule has 2 rings (SSSR count). The van der Waals surface area contributed by atoms with Crippen molar-refractivity contribution in [2.24, 2.45) is 0 Å². The predicted molar refractivity (Wildman–Crippen MR) is 99.3 cm³/mol. The molecule has 0 aliphatic heterocycles. The molecule has 0 aliphatic carbocycles. The van der Waals surface area contributed by atoms with Crippen molar-refractivity contribution in [1.82, 2.24) is 0 Å². The van der Waals surface area contributed by atoms with Gasteiger partial charge in [-0.3, -0.25) is 0 Å². The molecule has 23 heavy (non-hydrogen) atoms. The van der Waals surface area contributed by atoms with Crippen molar-refractivity contribution >= 4 is 5.69 Å². The van der Waals surface area contributed by atoms with Crippen molar-refractivity contribution in [3.05, 3.63) is 60.2 Å². The molecule has 0 N–H and O–H groups in total. The molecule has 0 heterocycles. The van der Waals surface area contributed by atoms with Crippen molar-refractivity contribution in [2.45, 2.75) is 52.7 Å². The van der Waals surface area contributed by atoms with Crippen LogP contribution >= 0.6 is 0 Å². The van der Waals surface area contributed by atoms with Gasteiger partial charge in [-0.25, -0.2) is 0 Å². The molecule has 2 heteroatoms. The van der Waals surface area contributed by atoms with Gasteiger partial charge >= 0.3 is 0 Å². The maximum Gasteiger partial charge on any atom is 0.169 e. The molecule has 0 bridgehead atoms. The van der Waals surface area contributed by atoms with Crippen molar-refractivity contribution in [3.8, 4) is 5.75 Å². The Kier molecular flexibility index (Phi) is 6.52. The zero-order chi connectivity index (χ0) is 16.7. The van der Waals surface area contributed by atoms with Gasteiger partial charge in [-0.05, 0) is 43.0 Å². The van der Waals surface area contributed by atoms with E-state index in [0.29, 0.717) is 5.92 Å². The van der Waals surface area contributed by atoms with E-state index < -0.39 is 0 Å². The smallest absolute Gasteiger partial charge is 0.169 e. The van der Waals surface area contributed by atoms with E-state index in [2.05, 4.69) is 81.1 Å². The van der Waals surface area contributed by atoms with E-state index in [1.807, 2.05) is 6.07 Å². The number of unbranched alkanes of at least 4 members (excludes halogenated alkanes) is 1. The molecule has 2 aromatic rings. The Bertz CT molecular complexity index is 579. The summed E-state index contributed by atoms with van der Waals surface area (Å²) in [4.78, 5) is 2.35. The van der Waals surface area contributed by atoms with Crippen molar-refractivity contribution in [3.63, 3.8) is 0 Å². The van der Waals surface area contributed by atoms with Gasteiger partial charge in [0.15, 0.2) is 6.23 Å². The lowest BCUT2D eigenvalue weighted by atomic mass is 10.0. The lowest BCUT2D eigenvalue weighted by Crippen LogP contribution is -2.38. The van der Waals surface area contributed by atoms with Crippen LogP contribution in [0.4, 0.5) is 5.69 Å². The van der Waals surface area contributed by atoms with Crippen LogP contribution in [0.2, 0.25) is 0 Å². The zero-order valence-corrected chi connectivity index (χ0v) is 14.8. The van der Waals surface area contributed by atoms with Crippen LogP contribution in [0.25, 0.3) is 0 Å². The number of nitrogens with zero attached hydrogens (tertiary/aromatic N) is 1. The van der Waals surface area contributed by atoms with E-state index >= 15 is 0 Å². The van der Waals surface area contributed by atoms with Crippen LogP contribution in [0.15, 0.2) is 54.6 Å². The Morgan fingerprint density at radius 1 is 0.913 bits per heavy atom. The Morgan fingerprint density at radius 3 is 2.22 bits per heavy atom. The third kappa shape index (κ3) is 4.75. The van der Waals surface area contributed by atoms with Gasteiger partial charge in [-0.15, -0.1) is 0 Å². The summed E-state index contributed by atoms with van der Waals surface area (Å²) in [5.74, 6) is 1.45. The van der Waals surface area contributed by atoms with Crippen LogP contribution in [0.1, 0.15) is 52.0 Å². The first-order valence-corrected chi connectivity index (χ1v) is 8.70. The molecular formula is C21H29NO. The predicted octanol–water partition coefficient (Wildman–Crippen LogP) is 5.84. The fourth-order valence-electron chi connectivity index (χ4n) is 2.78.